The van der Waals surface area contributed by atoms with Crippen LogP contribution in [0.1, 0.15) is 59.1 Å². The first-order valence-electron chi connectivity index (χ1n) is 13.5. The molecule has 0 saturated carbocycles. The fraction of sp³-hybridized carbons (Fsp3) is 0.167. The van der Waals surface area contributed by atoms with Gasteiger partial charge in [-0.1, -0.05) is 121 Å². The van der Waals surface area contributed by atoms with Gasteiger partial charge >= 0.3 is 0 Å². The van der Waals surface area contributed by atoms with Crippen LogP contribution in [0.25, 0.3) is 32.3 Å². The number of aliphatic hydroxyl groups excluding tert-OH is 2. The average molecular weight is 495 g/mol. The summed E-state index contributed by atoms with van der Waals surface area (Å²) in [4.78, 5) is 0. The molecule has 6 aromatic rings. The Balaban J connectivity index is 0.000000128. The first-order valence-corrected chi connectivity index (χ1v) is 13.5. The van der Waals surface area contributed by atoms with Crippen LogP contribution in [0.15, 0.2) is 121 Å². The van der Waals surface area contributed by atoms with E-state index < -0.39 is 12.2 Å². The lowest BCUT2D eigenvalue weighted by molar-refractivity contribution is 0.101. The second-order valence-electron chi connectivity index (χ2n) is 10.6. The first kappa shape index (κ1) is 23.2. The Morgan fingerprint density at radius 3 is 1.18 bits per heavy atom. The molecule has 0 bridgehead atoms. The smallest absolute Gasteiger partial charge is 0.0798 e. The summed E-state index contributed by atoms with van der Waals surface area (Å²) in [5.41, 5.74) is 4.51. The van der Waals surface area contributed by atoms with Gasteiger partial charge in [0, 0.05) is 0 Å². The maximum absolute atomic E-state index is 10.4. The molecule has 0 fully saturated rings. The minimum absolute atomic E-state index is 0.319. The van der Waals surface area contributed by atoms with Crippen LogP contribution in [0.3, 0.4) is 0 Å². The largest absolute Gasteiger partial charge is 0.388 e. The number of hydrogen-bond donors (Lipinski definition) is 2. The first-order chi connectivity index (χ1) is 18.7. The van der Waals surface area contributed by atoms with Crippen LogP contribution in [0.2, 0.25) is 0 Å². The SMILES string of the molecule is OC1CC2c3ccccc3C(O)CC2c2ccccc21.c1ccc2c(c1)ccc1c3ccccc3ccc21. The van der Waals surface area contributed by atoms with Gasteiger partial charge in [0.15, 0.2) is 0 Å². The van der Waals surface area contributed by atoms with Crippen molar-refractivity contribution in [2.24, 2.45) is 0 Å². The average Bonchev–Trinajstić information content (AvgIpc) is 2.98. The molecule has 186 valence electrons. The van der Waals surface area contributed by atoms with Crippen molar-refractivity contribution >= 4 is 32.3 Å². The minimum atomic E-state index is -0.393. The predicted molar refractivity (Wildman–Crippen MR) is 156 cm³/mol. The van der Waals surface area contributed by atoms with Crippen molar-refractivity contribution in [3.05, 3.63) is 144 Å². The quantitative estimate of drug-likeness (QED) is 0.208. The minimum Gasteiger partial charge on any atom is -0.388 e. The Labute approximate surface area is 222 Å². The molecule has 0 aromatic heterocycles. The third kappa shape index (κ3) is 3.80. The van der Waals surface area contributed by atoms with Gasteiger partial charge in [-0.05, 0) is 79.2 Å². The lowest BCUT2D eigenvalue weighted by atomic mass is 9.64. The maximum atomic E-state index is 10.4. The maximum Gasteiger partial charge on any atom is 0.0798 e. The van der Waals surface area contributed by atoms with Crippen molar-refractivity contribution in [1.29, 1.82) is 0 Å². The number of hydrogen-bond acceptors (Lipinski definition) is 2. The highest BCUT2D eigenvalue weighted by molar-refractivity contribution is 6.17. The van der Waals surface area contributed by atoms with E-state index in [4.69, 9.17) is 0 Å². The van der Waals surface area contributed by atoms with E-state index in [2.05, 4.69) is 84.9 Å². The normalized spacial score (nSPS) is 21.7. The van der Waals surface area contributed by atoms with Crippen LogP contribution in [-0.2, 0) is 0 Å². The standard InChI is InChI=1S/C18H18O2.C18H12/c19-17-10-16-12-6-2-4-8-14(12)18(20)9-15(16)11-5-1-3-7-13(11)17;1-3-7-15-13(5-1)9-11-18-16-8-4-2-6-14(16)10-12-17(15)18/h1-8,15-20H,9-10H2;1-12H. The van der Waals surface area contributed by atoms with E-state index in [1.807, 2.05) is 36.4 Å². The number of aliphatic hydroxyl groups is 2. The third-order valence-corrected chi connectivity index (χ3v) is 8.60. The molecule has 0 aliphatic heterocycles. The molecule has 0 saturated heterocycles. The van der Waals surface area contributed by atoms with Gasteiger partial charge in [0.1, 0.15) is 0 Å². The topological polar surface area (TPSA) is 40.5 Å². The van der Waals surface area contributed by atoms with Crippen molar-refractivity contribution in [3.8, 4) is 0 Å². The van der Waals surface area contributed by atoms with Gasteiger partial charge in [-0.3, -0.25) is 0 Å². The molecule has 2 aliphatic carbocycles. The highest BCUT2D eigenvalue weighted by atomic mass is 16.3. The predicted octanol–water partition coefficient (Wildman–Crippen LogP) is 8.57. The molecule has 2 heteroatoms. The van der Waals surface area contributed by atoms with Gasteiger partial charge in [-0.2, -0.15) is 0 Å². The van der Waals surface area contributed by atoms with Crippen LogP contribution >= 0.6 is 0 Å². The molecule has 0 heterocycles. The molecule has 8 rings (SSSR count). The summed E-state index contributed by atoms with van der Waals surface area (Å²) < 4.78 is 0. The molecular weight excluding hydrogens is 464 g/mol. The van der Waals surface area contributed by atoms with Crippen LogP contribution < -0.4 is 0 Å². The van der Waals surface area contributed by atoms with Crippen molar-refractivity contribution in [1.82, 2.24) is 0 Å². The summed E-state index contributed by atoms with van der Waals surface area (Å²) in [6.07, 6.45) is 0.725. The van der Waals surface area contributed by atoms with Gasteiger partial charge < -0.3 is 10.2 Å². The molecule has 6 aromatic carbocycles. The van der Waals surface area contributed by atoms with E-state index in [0.29, 0.717) is 11.8 Å². The Kier molecular flexibility index (Phi) is 5.73. The van der Waals surface area contributed by atoms with Crippen molar-refractivity contribution < 1.29 is 10.2 Å². The van der Waals surface area contributed by atoms with E-state index in [1.165, 1.54) is 43.4 Å². The van der Waals surface area contributed by atoms with Crippen LogP contribution in [0.5, 0.6) is 0 Å². The van der Waals surface area contributed by atoms with Crippen molar-refractivity contribution in [2.75, 3.05) is 0 Å². The molecule has 0 amide bonds. The molecule has 38 heavy (non-hydrogen) atoms. The van der Waals surface area contributed by atoms with Gasteiger partial charge in [0.2, 0.25) is 0 Å². The fourth-order valence-corrected chi connectivity index (χ4v) is 6.83. The second-order valence-corrected chi connectivity index (χ2v) is 10.6. The Hall–Kier alpha value is -3.98. The Morgan fingerprint density at radius 2 is 0.737 bits per heavy atom. The summed E-state index contributed by atoms with van der Waals surface area (Å²) in [6, 6.07) is 42.3. The lowest BCUT2D eigenvalue weighted by Crippen LogP contribution is -2.28. The highest BCUT2D eigenvalue weighted by Gasteiger charge is 2.40. The molecule has 4 atom stereocenters. The molecule has 2 aliphatic rings. The zero-order chi connectivity index (χ0) is 25.6. The Morgan fingerprint density at radius 1 is 0.368 bits per heavy atom. The lowest BCUT2D eigenvalue weighted by Gasteiger charge is -2.42. The molecule has 2 N–H and O–H groups in total. The summed E-state index contributed by atoms with van der Waals surface area (Å²) in [5.74, 6) is 0.638. The summed E-state index contributed by atoms with van der Waals surface area (Å²) in [6.45, 7) is 0. The zero-order valence-electron chi connectivity index (χ0n) is 21.2. The molecule has 0 spiro atoms. The van der Waals surface area contributed by atoms with Gasteiger partial charge in [-0.15, -0.1) is 0 Å². The fourth-order valence-electron chi connectivity index (χ4n) is 6.83. The monoisotopic (exact) mass is 494 g/mol. The van der Waals surface area contributed by atoms with Crippen molar-refractivity contribution in [3.63, 3.8) is 0 Å². The molecule has 4 unspecified atom stereocenters. The second kappa shape index (κ2) is 9.40. The van der Waals surface area contributed by atoms with E-state index in [1.54, 1.807) is 0 Å². The van der Waals surface area contributed by atoms with Crippen LogP contribution in [0, 0.1) is 0 Å². The number of rotatable bonds is 0. The summed E-state index contributed by atoms with van der Waals surface area (Å²) in [5, 5.41) is 28.8. The third-order valence-electron chi connectivity index (χ3n) is 8.60. The van der Waals surface area contributed by atoms with Crippen LogP contribution in [0.4, 0.5) is 0 Å². The van der Waals surface area contributed by atoms with E-state index in [9.17, 15) is 10.2 Å². The zero-order valence-corrected chi connectivity index (χ0v) is 21.2. The molecular formula is C36H30O2. The number of benzene rings is 6. The van der Waals surface area contributed by atoms with Gasteiger partial charge in [-0.25, -0.2) is 0 Å². The molecule has 2 nitrogen and oxygen atoms in total. The van der Waals surface area contributed by atoms with Crippen LogP contribution in [-0.4, -0.2) is 10.2 Å². The Bertz CT molecular complexity index is 1650. The highest BCUT2D eigenvalue weighted by Crippen LogP contribution is 2.54. The van der Waals surface area contributed by atoms with Gasteiger partial charge in [0.25, 0.3) is 0 Å². The van der Waals surface area contributed by atoms with E-state index >= 15 is 0 Å². The summed E-state index contributed by atoms with van der Waals surface area (Å²) >= 11 is 0. The van der Waals surface area contributed by atoms with Gasteiger partial charge in [0.05, 0.1) is 12.2 Å². The van der Waals surface area contributed by atoms with Crippen molar-refractivity contribution in [2.45, 2.75) is 36.9 Å². The van der Waals surface area contributed by atoms with E-state index in [-0.39, 0.29) is 0 Å². The molecule has 0 radical (unpaired) electrons. The number of fused-ring (bicyclic) bond motifs is 10. The van der Waals surface area contributed by atoms with E-state index in [0.717, 1.165) is 24.0 Å². The summed E-state index contributed by atoms with van der Waals surface area (Å²) in [7, 11) is 0.